The molecule has 0 aromatic carbocycles. The fourth-order valence-electron chi connectivity index (χ4n) is 5.43. The van der Waals surface area contributed by atoms with Gasteiger partial charge >= 0.3 is 0 Å². The van der Waals surface area contributed by atoms with E-state index in [9.17, 15) is 0 Å². The van der Waals surface area contributed by atoms with E-state index in [2.05, 4.69) is 66.5 Å². The molecule has 0 saturated carbocycles. The number of rotatable bonds is 6. The second kappa shape index (κ2) is 6.66. The molecule has 1 nitrogen and oxygen atoms in total. The van der Waals surface area contributed by atoms with E-state index in [1.807, 2.05) is 0 Å². The Hall–Kier alpha value is 0.394. The highest BCUT2D eigenvalue weighted by atomic mass is 28.4. The first-order chi connectivity index (χ1) is 9.17. The van der Waals surface area contributed by atoms with Crippen LogP contribution in [0.15, 0.2) is 0 Å². The van der Waals surface area contributed by atoms with Gasteiger partial charge < -0.3 is 4.23 Å². The van der Waals surface area contributed by atoms with Crippen molar-refractivity contribution < 1.29 is 0 Å². The largest absolute Gasteiger partial charge is 0.344 e. The van der Waals surface area contributed by atoms with Crippen LogP contribution in [0.1, 0.15) is 68.7 Å². The molecule has 1 saturated heterocycles. The van der Waals surface area contributed by atoms with Gasteiger partial charge in [0, 0.05) is 0 Å². The minimum atomic E-state index is -1.30. The lowest BCUT2D eigenvalue weighted by Gasteiger charge is -2.53. The zero-order valence-corrected chi connectivity index (χ0v) is 17.6. The van der Waals surface area contributed by atoms with E-state index in [0.717, 1.165) is 22.2 Å². The van der Waals surface area contributed by atoms with Crippen LogP contribution in [0.5, 0.6) is 0 Å². The van der Waals surface area contributed by atoms with Crippen molar-refractivity contribution in [3.8, 4) is 0 Å². The molecule has 0 aliphatic carbocycles. The summed E-state index contributed by atoms with van der Waals surface area (Å²) in [5.41, 5.74) is 3.61. The molecular weight excluding hydrogens is 274 g/mol. The number of nitrogens with zero attached hydrogens (tertiary/aromatic N) is 1. The Morgan fingerprint density at radius 1 is 0.700 bits per heavy atom. The van der Waals surface area contributed by atoms with Crippen LogP contribution in [0.2, 0.25) is 34.3 Å². The third-order valence-electron chi connectivity index (χ3n) is 6.38. The Morgan fingerprint density at radius 2 is 1.00 bits per heavy atom. The maximum Gasteiger partial charge on any atom is 0.126 e. The summed E-state index contributed by atoms with van der Waals surface area (Å²) in [7, 11) is -2.61. The minimum absolute atomic E-state index is 0.904. The molecule has 1 aliphatic heterocycles. The molecule has 0 atom stereocenters. The molecule has 0 radical (unpaired) electrons. The van der Waals surface area contributed by atoms with Crippen LogP contribution in [0, 0.1) is 0 Å². The molecule has 0 aromatic heterocycles. The number of hydrogen-bond donors (Lipinski definition) is 0. The second-order valence-electron chi connectivity index (χ2n) is 8.25. The summed E-state index contributed by atoms with van der Waals surface area (Å²) in [5.74, 6) is 0. The lowest BCUT2D eigenvalue weighted by Crippen LogP contribution is -2.65. The highest BCUT2D eigenvalue weighted by molar-refractivity contribution is 6.99. The Bertz CT molecular complexity index is 266. The monoisotopic (exact) mass is 313 g/mol. The van der Waals surface area contributed by atoms with Crippen LogP contribution in [-0.4, -0.2) is 27.2 Å². The lowest BCUT2D eigenvalue weighted by atomic mass is 10.5. The van der Waals surface area contributed by atoms with E-state index < -0.39 is 16.5 Å². The molecule has 3 heteroatoms. The Balaban J connectivity index is 3.38. The molecule has 1 aliphatic rings. The van der Waals surface area contributed by atoms with Crippen molar-refractivity contribution >= 4 is 16.5 Å². The molecule has 0 spiro atoms. The van der Waals surface area contributed by atoms with Crippen LogP contribution in [-0.2, 0) is 0 Å². The minimum Gasteiger partial charge on any atom is -0.344 e. The molecule has 20 heavy (non-hydrogen) atoms. The molecule has 1 heterocycles. The summed E-state index contributed by atoms with van der Waals surface area (Å²) in [4.78, 5) is 0. The van der Waals surface area contributed by atoms with E-state index in [4.69, 9.17) is 0 Å². The summed E-state index contributed by atoms with van der Waals surface area (Å²) in [6, 6.07) is 3.15. The Kier molecular flexibility index (Phi) is 6.14. The van der Waals surface area contributed by atoms with Gasteiger partial charge in [0.25, 0.3) is 0 Å². The number of hydrogen-bond acceptors (Lipinski definition) is 1. The Morgan fingerprint density at radius 3 is 1.20 bits per heavy atom. The molecule has 0 aromatic rings. The highest BCUT2D eigenvalue weighted by Crippen LogP contribution is 2.55. The first-order valence-electron chi connectivity index (χ1n) is 8.95. The van der Waals surface area contributed by atoms with Gasteiger partial charge in [0.1, 0.15) is 16.5 Å². The van der Waals surface area contributed by atoms with Gasteiger partial charge in [-0.2, -0.15) is 0 Å². The van der Waals surface area contributed by atoms with E-state index in [-0.39, 0.29) is 0 Å². The van der Waals surface area contributed by atoms with Gasteiger partial charge in [-0.1, -0.05) is 62.3 Å². The van der Waals surface area contributed by atoms with Crippen molar-refractivity contribution in [2.75, 3.05) is 6.54 Å². The molecule has 1 fully saturated rings. The van der Waals surface area contributed by atoms with E-state index >= 15 is 0 Å². The van der Waals surface area contributed by atoms with Gasteiger partial charge in [-0.05, 0) is 47.2 Å². The first kappa shape index (κ1) is 18.4. The topological polar surface area (TPSA) is 3.24 Å². The fourth-order valence-corrected chi connectivity index (χ4v) is 24.8. The molecule has 1 rings (SSSR count). The van der Waals surface area contributed by atoms with Crippen LogP contribution in [0.3, 0.4) is 0 Å². The molecular formula is C17H39NSi2. The third-order valence-corrected chi connectivity index (χ3v) is 21.9. The smallest absolute Gasteiger partial charge is 0.126 e. The van der Waals surface area contributed by atoms with Gasteiger partial charge in [0.2, 0.25) is 0 Å². The highest BCUT2D eigenvalue weighted by Gasteiger charge is 2.61. The van der Waals surface area contributed by atoms with Crippen molar-refractivity contribution in [1.82, 2.24) is 4.23 Å². The standard InChI is InChI=1S/C17H39NSi2/c1-10-11-18-19(14(2)3,15(4)5)12-13-20(18,16(6)7)17(8)9/h14-17H,10-13H2,1-9H3. The summed E-state index contributed by atoms with van der Waals surface area (Å²) in [6.45, 7) is 24.0. The van der Waals surface area contributed by atoms with Crippen LogP contribution in [0.25, 0.3) is 0 Å². The summed E-state index contributed by atoms with van der Waals surface area (Å²) in [5, 5.41) is 0. The zero-order chi connectivity index (χ0) is 15.7. The summed E-state index contributed by atoms with van der Waals surface area (Å²) in [6.07, 6.45) is 1.34. The maximum absolute atomic E-state index is 3.24. The predicted octanol–water partition coefficient (Wildman–Crippen LogP) is 6.24. The average molecular weight is 314 g/mol. The van der Waals surface area contributed by atoms with Gasteiger partial charge in [0.05, 0.1) is 0 Å². The summed E-state index contributed by atoms with van der Waals surface area (Å²) >= 11 is 0. The van der Waals surface area contributed by atoms with Gasteiger partial charge in [-0.25, -0.2) is 0 Å². The van der Waals surface area contributed by atoms with E-state index in [1.165, 1.54) is 13.0 Å². The fraction of sp³-hybridized carbons (Fsp3) is 1.00. The lowest BCUT2D eigenvalue weighted by molar-refractivity contribution is 0.543. The van der Waals surface area contributed by atoms with Crippen LogP contribution >= 0.6 is 0 Å². The Labute approximate surface area is 130 Å². The van der Waals surface area contributed by atoms with Gasteiger partial charge in [-0.3, -0.25) is 0 Å². The van der Waals surface area contributed by atoms with Crippen LogP contribution in [0.4, 0.5) is 0 Å². The first-order valence-corrected chi connectivity index (χ1v) is 13.6. The van der Waals surface area contributed by atoms with Crippen molar-refractivity contribution in [2.24, 2.45) is 0 Å². The van der Waals surface area contributed by atoms with E-state index in [1.54, 1.807) is 12.1 Å². The third kappa shape index (κ3) is 2.59. The molecule has 0 N–H and O–H groups in total. The van der Waals surface area contributed by atoms with Crippen molar-refractivity contribution in [1.29, 1.82) is 0 Å². The SMILES string of the molecule is CCCN1[Si](C(C)C)(C(C)C)CC[Si]1(C(C)C)C(C)C. The van der Waals surface area contributed by atoms with Crippen LogP contribution < -0.4 is 0 Å². The quantitative estimate of drug-likeness (QED) is 0.524. The normalized spacial score (nSPS) is 22.6. The molecule has 0 bridgehead atoms. The van der Waals surface area contributed by atoms with E-state index in [0.29, 0.717) is 0 Å². The van der Waals surface area contributed by atoms with Crippen molar-refractivity contribution in [3.05, 3.63) is 0 Å². The zero-order valence-electron chi connectivity index (χ0n) is 15.6. The summed E-state index contributed by atoms with van der Waals surface area (Å²) < 4.78 is 3.24. The second-order valence-corrected chi connectivity index (χ2v) is 19.4. The predicted molar refractivity (Wildman–Crippen MR) is 98.5 cm³/mol. The van der Waals surface area contributed by atoms with Gasteiger partial charge in [0.15, 0.2) is 0 Å². The van der Waals surface area contributed by atoms with Gasteiger partial charge in [-0.15, -0.1) is 0 Å². The van der Waals surface area contributed by atoms with Crippen molar-refractivity contribution in [3.63, 3.8) is 0 Å². The molecule has 0 unspecified atom stereocenters. The van der Waals surface area contributed by atoms with Crippen molar-refractivity contribution in [2.45, 2.75) is 103 Å². The maximum atomic E-state index is 3.24. The molecule has 120 valence electrons. The average Bonchev–Trinajstić information content (AvgIpc) is 2.66. The molecule has 0 amide bonds.